The van der Waals surface area contributed by atoms with Crippen molar-refractivity contribution in [1.82, 2.24) is 0 Å². The van der Waals surface area contributed by atoms with Crippen molar-refractivity contribution in [2.75, 3.05) is 0 Å². The van der Waals surface area contributed by atoms with Gasteiger partial charge in [0.15, 0.2) is 5.96 Å². The molecule has 20 heavy (non-hydrogen) atoms. The van der Waals surface area contributed by atoms with E-state index in [2.05, 4.69) is 9.98 Å². The van der Waals surface area contributed by atoms with Crippen LogP contribution in [0.3, 0.4) is 0 Å². The first kappa shape index (κ1) is 13.4. The van der Waals surface area contributed by atoms with Crippen LogP contribution in [0.2, 0.25) is 0 Å². The van der Waals surface area contributed by atoms with Crippen molar-refractivity contribution >= 4 is 17.6 Å². The number of aliphatic imine (C=N–C) groups is 2. The maximum atomic E-state index is 5.69. The number of rotatable bonds is 3. The Hall–Kier alpha value is -3.02. The first-order valence-electron chi connectivity index (χ1n) is 5.90. The van der Waals surface area contributed by atoms with E-state index in [4.69, 9.17) is 21.9 Å². The van der Waals surface area contributed by atoms with Gasteiger partial charge in [-0.1, -0.05) is 24.3 Å². The lowest BCUT2D eigenvalue weighted by Gasteiger charge is -2.05. The first-order valence-corrected chi connectivity index (χ1v) is 5.90. The minimum Gasteiger partial charge on any atom is -0.457 e. The van der Waals surface area contributed by atoms with Gasteiger partial charge in [-0.3, -0.25) is 0 Å². The van der Waals surface area contributed by atoms with E-state index in [-0.39, 0.29) is 11.9 Å². The van der Waals surface area contributed by atoms with E-state index < -0.39 is 0 Å². The van der Waals surface area contributed by atoms with Gasteiger partial charge >= 0.3 is 0 Å². The summed E-state index contributed by atoms with van der Waals surface area (Å²) in [4.78, 5) is 7.71. The highest BCUT2D eigenvalue weighted by molar-refractivity contribution is 5.93. The molecule has 2 aromatic rings. The number of ether oxygens (including phenoxy) is 1. The SMILES string of the molecule is NC(N)=NC(N)=Nc1cccc(Oc2ccccc2)c1. The van der Waals surface area contributed by atoms with Gasteiger partial charge < -0.3 is 21.9 Å². The molecule has 0 aromatic heterocycles. The smallest absolute Gasteiger partial charge is 0.223 e. The molecule has 0 fully saturated rings. The molecule has 0 radical (unpaired) electrons. The van der Waals surface area contributed by atoms with Crippen molar-refractivity contribution in [2.24, 2.45) is 27.2 Å². The third-order valence-electron chi connectivity index (χ3n) is 2.28. The molecule has 6 nitrogen and oxygen atoms in total. The van der Waals surface area contributed by atoms with Gasteiger partial charge in [0.05, 0.1) is 5.69 Å². The second-order valence-electron chi connectivity index (χ2n) is 3.92. The maximum absolute atomic E-state index is 5.69. The summed E-state index contributed by atoms with van der Waals surface area (Å²) in [7, 11) is 0. The molecule has 2 rings (SSSR count). The highest BCUT2D eigenvalue weighted by Crippen LogP contribution is 2.25. The molecule has 6 heteroatoms. The summed E-state index contributed by atoms with van der Waals surface area (Å²) in [5, 5.41) is 0. The molecule has 0 saturated carbocycles. The number of guanidine groups is 2. The molecule has 0 aliphatic heterocycles. The molecule has 0 saturated heterocycles. The molecule has 6 N–H and O–H groups in total. The lowest BCUT2D eigenvalue weighted by Crippen LogP contribution is -2.26. The van der Waals surface area contributed by atoms with E-state index in [9.17, 15) is 0 Å². The minimum atomic E-state index is -0.136. The van der Waals surface area contributed by atoms with Crippen molar-refractivity contribution in [1.29, 1.82) is 0 Å². The van der Waals surface area contributed by atoms with Gasteiger partial charge in [-0.2, -0.15) is 4.99 Å². The lowest BCUT2D eigenvalue weighted by atomic mass is 10.3. The standard InChI is InChI=1S/C14H15N5O/c15-13(16)19-14(17)18-10-5-4-8-12(9-10)20-11-6-2-1-3-7-11/h1-9H,(H6,15,16,17,18,19). The largest absolute Gasteiger partial charge is 0.457 e. The van der Waals surface area contributed by atoms with E-state index >= 15 is 0 Å². The zero-order chi connectivity index (χ0) is 14.4. The fourth-order valence-corrected chi connectivity index (χ4v) is 1.53. The van der Waals surface area contributed by atoms with Crippen LogP contribution in [0.15, 0.2) is 64.6 Å². The first-order chi connectivity index (χ1) is 9.63. The van der Waals surface area contributed by atoms with Crippen LogP contribution in [0.4, 0.5) is 5.69 Å². The van der Waals surface area contributed by atoms with Crippen molar-refractivity contribution in [3.8, 4) is 11.5 Å². The lowest BCUT2D eigenvalue weighted by molar-refractivity contribution is 0.483. The number of nitrogens with two attached hydrogens (primary N) is 3. The Kier molecular flexibility index (Phi) is 4.18. The van der Waals surface area contributed by atoms with Crippen molar-refractivity contribution in [3.05, 3.63) is 54.6 Å². The van der Waals surface area contributed by atoms with Crippen LogP contribution in [-0.2, 0) is 0 Å². The summed E-state index contributed by atoms with van der Waals surface area (Å²) in [5.41, 5.74) is 16.6. The van der Waals surface area contributed by atoms with Crippen LogP contribution in [0, 0.1) is 0 Å². The van der Waals surface area contributed by atoms with E-state index in [1.165, 1.54) is 0 Å². The van der Waals surface area contributed by atoms with E-state index in [0.29, 0.717) is 11.4 Å². The van der Waals surface area contributed by atoms with Gasteiger partial charge in [0.1, 0.15) is 11.5 Å². The Labute approximate surface area is 116 Å². The average molecular weight is 269 g/mol. The third kappa shape index (κ3) is 4.02. The zero-order valence-corrected chi connectivity index (χ0v) is 10.7. The number of nitrogens with zero attached hydrogens (tertiary/aromatic N) is 2. The summed E-state index contributed by atoms with van der Waals surface area (Å²) in [6, 6.07) is 16.6. The number of hydrogen-bond acceptors (Lipinski definition) is 2. The zero-order valence-electron chi connectivity index (χ0n) is 10.7. The summed E-state index contributed by atoms with van der Waals surface area (Å²) in [6.07, 6.45) is 0. The summed E-state index contributed by atoms with van der Waals surface area (Å²) in [5.74, 6) is 1.24. The third-order valence-corrected chi connectivity index (χ3v) is 2.28. The van der Waals surface area contributed by atoms with Crippen LogP contribution >= 0.6 is 0 Å². The Morgan fingerprint density at radius 3 is 2.25 bits per heavy atom. The predicted octanol–water partition coefficient (Wildman–Crippen LogP) is 1.70. The average Bonchev–Trinajstić information content (AvgIpc) is 2.39. The van der Waals surface area contributed by atoms with Crippen molar-refractivity contribution in [3.63, 3.8) is 0 Å². The number of para-hydroxylation sites is 1. The van der Waals surface area contributed by atoms with Gasteiger partial charge in [0, 0.05) is 6.07 Å². The number of hydrogen-bond donors (Lipinski definition) is 3. The Balaban J connectivity index is 2.18. The summed E-state index contributed by atoms with van der Waals surface area (Å²) >= 11 is 0. The van der Waals surface area contributed by atoms with E-state index in [1.807, 2.05) is 36.4 Å². The summed E-state index contributed by atoms with van der Waals surface area (Å²) < 4.78 is 5.69. The molecule has 0 aliphatic carbocycles. The molecule has 0 heterocycles. The van der Waals surface area contributed by atoms with Crippen LogP contribution in [0.5, 0.6) is 11.5 Å². The fraction of sp³-hybridized carbons (Fsp3) is 0. The molecule has 102 valence electrons. The van der Waals surface area contributed by atoms with E-state index in [0.717, 1.165) is 5.75 Å². The second-order valence-corrected chi connectivity index (χ2v) is 3.92. The van der Waals surface area contributed by atoms with Crippen LogP contribution in [-0.4, -0.2) is 11.9 Å². The molecule has 2 aromatic carbocycles. The molecule has 0 aliphatic rings. The molecule has 0 atom stereocenters. The molecular formula is C14H15N5O. The maximum Gasteiger partial charge on any atom is 0.223 e. The van der Waals surface area contributed by atoms with Crippen LogP contribution in [0.25, 0.3) is 0 Å². The fourth-order valence-electron chi connectivity index (χ4n) is 1.53. The molecule has 0 unspecified atom stereocenters. The van der Waals surface area contributed by atoms with Crippen LogP contribution in [0.1, 0.15) is 0 Å². The van der Waals surface area contributed by atoms with E-state index in [1.54, 1.807) is 18.2 Å². The Morgan fingerprint density at radius 1 is 0.850 bits per heavy atom. The van der Waals surface area contributed by atoms with Gasteiger partial charge in [-0.15, -0.1) is 0 Å². The number of benzene rings is 2. The normalized spacial score (nSPS) is 10.9. The Morgan fingerprint density at radius 2 is 1.55 bits per heavy atom. The highest BCUT2D eigenvalue weighted by Gasteiger charge is 1.99. The van der Waals surface area contributed by atoms with Gasteiger partial charge in [-0.25, -0.2) is 4.99 Å². The summed E-state index contributed by atoms with van der Waals surface area (Å²) in [6.45, 7) is 0. The topological polar surface area (TPSA) is 112 Å². The predicted molar refractivity (Wildman–Crippen MR) is 80.1 cm³/mol. The minimum absolute atomic E-state index is 0.0122. The Bertz CT molecular complexity index is 633. The second kappa shape index (κ2) is 6.24. The molecular weight excluding hydrogens is 254 g/mol. The van der Waals surface area contributed by atoms with Crippen molar-refractivity contribution in [2.45, 2.75) is 0 Å². The molecule has 0 bridgehead atoms. The van der Waals surface area contributed by atoms with Crippen LogP contribution < -0.4 is 21.9 Å². The monoisotopic (exact) mass is 269 g/mol. The molecule has 0 spiro atoms. The highest BCUT2D eigenvalue weighted by atomic mass is 16.5. The van der Waals surface area contributed by atoms with Gasteiger partial charge in [-0.05, 0) is 24.3 Å². The van der Waals surface area contributed by atoms with Gasteiger partial charge in [0.2, 0.25) is 5.96 Å². The quantitative estimate of drug-likeness (QED) is 0.581. The van der Waals surface area contributed by atoms with Gasteiger partial charge in [0.25, 0.3) is 0 Å². The molecule has 0 amide bonds. The van der Waals surface area contributed by atoms with Crippen molar-refractivity contribution < 1.29 is 4.74 Å².